The van der Waals surface area contributed by atoms with Crippen LogP contribution in [0.25, 0.3) is 0 Å². The van der Waals surface area contributed by atoms with Crippen LogP contribution >= 0.6 is 0 Å². The lowest BCUT2D eigenvalue weighted by molar-refractivity contribution is -0.158. The molecule has 4 rings (SSSR count). The summed E-state index contributed by atoms with van der Waals surface area (Å²) < 4.78 is 0. The van der Waals surface area contributed by atoms with Crippen molar-refractivity contribution < 1.29 is 15.0 Å². The molecule has 3 saturated carbocycles. The lowest BCUT2D eigenvalue weighted by Crippen LogP contribution is -2.60. The second-order valence-electron chi connectivity index (χ2n) is 12.3. The number of allylic oxidation sites excluding steroid dienone is 3. The van der Waals surface area contributed by atoms with Gasteiger partial charge in [0.25, 0.3) is 0 Å². The number of hydrogen-bond acceptors (Lipinski definition) is 3. The van der Waals surface area contributed by atoms with Crippen LogP contribution in [0.1, 0.15) is 80.1 Å². The molecular weight excluding hydrogens is 384 g/mol. The van der Waals surface area contributed by atoms with E-state index in [0.717, 1.165) is 23.8 Å². The molecule has 3 unspecified atom stereocenters. The first-order valence-corrected chi connectivity index (χ1v) is 12.8. The molecule has 3 heteroatoms. The van der Waals surface area contributed by atoms with Crippen LogP contribution in [0.5, 0.6) is 0 Å². The third-order valence-corrected chi connectivity index (χ3v) is 10.6. The van der Waals surface area contributed by atoms with Crippen LogP contribution in [0.4, 0.5) is 0 Å². The van der Waals surface area contributed by atoms with E-state index in [1.807, 2.05) is 13.0 Å². The first-order valence-electron chi connectivity index (χ1n) is 12.8. The highest BCUT2D eigenvalue weighted by Gasteiger charge is 2.65. The SMILES string of the molecule is CC(C)[C@@H](C)CC[C@@H](C)[C@H]1CCC2C3C[C@@H](O)C4=CC=CC(=O)[C@]4(C)C3[C@H](O)C[C@@]21C. The highest BCUT2D eigenvalue weighted by molar-refractivity contribution is 5.99. The van der Waals surface area contributed by atoms with Crippen molar-refractivity contribution in [3.05, 3.63) is 23.8 Å². The molecule has 10 atom stereocenters. The van der Waals surface area contributed by atoms with E-state index in [9.17, 15) is 15.0 Å². The van der Waals surface area contributed by atoms with Crippen LogP contribution in [-0.2, 0) is 4.79 Å². The lowest BCUT2D eigenvalue weighted by atomic mass is 9.45. The van der Waals surface area contributed by atoms with Crippen molar-refractivity contribution >= 4 is 5.78 Å². The molecule has 3 fully saturated rings. The van der Waals surface area contributed by atoms with Crippen LogP contribution in [0.15, 0.2) is 23.8 Å². The fourth-order valence-electron chi connectivity index (χ4n) is 8.46. The van der Waals surface area contributed by atoms with Crippen LogP contribution in [0.3, 0.4) is 0 Å². The van der Waals surface area contributed by atoms with E-state index in [2.05, 4.69) is 34.6 Å². The molecule has 0 aromatic rings. The molecule has 2 N–H and O–H groups in total. The maximum atomic E-state index is 13.1. The van der Waals surface area contributed by atoms with Crippen molar-refractivity contribution in [1.29, 1.82) is 0 Å². The number of aliphatic hydroxyl groups is 2. The highest BCUT2D eigenvalue weighted by atomic mass is 16.3. The average Bonchev–Trinajstić information content (AvgIpc) is 3.03. The molecule has 0 radical (unpaired) electrons. The number of carbonyl (C=O) groups excluding carboxylic acids is 1. The second-order valence-corrected chi connectivity index (χ2v) is 12.3. The van der Waals surface area contributed by atoms with Crippen molar-refractivity contribution in [2.45, 2.75) is 92.3 Å². The van der Waals surface area contributed by atoms with Gasteiger partial charge in [0.05, 0.1) is 17.6 Å². The van der Waals surface area contributed by atoms with Crippen molar-refractivity contribution in [2.24, 2.45) is 52.3 Å². The predicted octanol–water partition coefficient (Wildman–Crippen LogP) is 5.56. The number of ketones is 1. The summed E-state index contributed by atoms with van der Waals surface area (Å²) in [4.78, 5) is 13.1. The van der Waals surface area contributed by atoms with Crippen LogP contribution in [0.2, 0.25) is 0 Å². The first kappa shape index (κ1) is 23.2. The molecule has 0 aromatic carbocycles. The fourth-order valence-corrected chi connectivity index (χ4v) is 8.46. The Kier molecular flexibility index (Phi) is 6.10. The van der Waals surface area contributed by atoms with Gasteiger partial charge in [-0.25, -0.2) is 0 Å². The number of aliphatic hydroxyl groups excluding tert-OH is 2. The van der Waals surface area contributed by atoms with Gasteiger partial charge in [0.15, 0.2) is 5.78 Å². The van der Waals surface area contributed by atoms with Crippen LogP contribution in [0, 0.1) is 52.3 Å². The van der Waals surface area contributed by atoms with Crippen molar-refractivity contribution in [3.8, 4) is 0 Å². The Hall–Kier alpha value is -0.930. The number of hydrogen-bond donors (Lipinski definition) is 2. The third-order valence-electron chi connectivity index (χ3n) is 10.6. The van der Waals surface area contributed by atoms with E-state index in [4.69, 9.17) is 0 Å². The monoisotopic (exact) mass is 428 g/mol. The molecule has 31 heavy (non-hydrogen) atoms. The van der Waals surface area contributed by atoms with Crippen molar-refractivity contribution in [2.75, 3.05) is 0 Å². The van der Waals surface area contributed by atoms with E-state index < -0.39 is 17.6 Å². The van der Waals surface area contributed by atoms with Gasteiger partial charge in [0.2, 0.25) is 0 Å². The van der Waals surface area contributed by atoms with E-state index >= 15 is 0 Å². The zero-order chi connectivity index (χ0) is 22.7. The maximum Gasteiger partial charge on any atom is 0.166 e. The zero-order valence-electron chi connectivity index (χ0n) is 20.5. The molecule has 0 spiro atoms. The van der Waals surface area contributed by atoms with E-state index in [1.165, 1.54) is 25.7 Å². The normalized spacial score (nSPS) is 46.2. The minimum absolute atomic E-state index is 0.0620. The van der Waals surface area contributed by atoms with E-state index in [-0.39, 0.29) is 23.0 Å². The van der Waals surface area contributed by atoms with E-state index in [1.54, 1.807) is 12.2 Å². The topological polar surface area (TPSA) is 57.5 Å². The standard InChI is InChI=1S/C28H44O3/c1-16(2)17(3)10-11-18(4)20-12-13-21-19-14-23(29)22-8-7-9-25(31)28(22,6)26(19)24(30)15-27(20,21)5/h7-9,16-21,23-24,26,29-30H,10-15H2,1-6H3/t17-,18+,19?,20+,21?,23+,24+,26?,27+,28+/m0/s1. The maximum absolute atomic E-state index is 13.1. The predicted molar refractivity (Wildman–Crippen MR) is 125 cm³/mol. The molecule has 0 aliphatic heterocycles. The molecule has 4 aliphatic carbocycles. The molecule has 4 aliphatic rings. The summed E-state index contributed by atoms with van der Waals surface area (Å²) in [5, 5.41) is 22.6. The summed E-state index contributed by atoms with van der Waals surface area (Å²) in [5.74, 6) is 3.44. The molecule has 3 nitrogen and oxygen atoms in total. The Balaban J connectivity index is 1.59. The largest absolute Gasteiger partial charge is 0.393 e. The van der Waals surface area contributed by atoms with Gasteiger partial charge in [-0.3, -0.25) is 4.79 Å². The fraction of sp³-hybridized carbons (Fsp3) is 0.821. The summed E-state index contributed by atoms with van der Waals surface area (Å²) in [6, 6.07) is 0. The molecule has 0 saturated heterocycles. The van der Waals surface area contributed by atoms with Gasteiger partial charge < -0.3 is 10.2 Å². The average molecular weight is 429 g/mol. The number of carbonyl (C=O) groups is 1. The lowest BCUT2D eigenvalue weighted by Gasteiger charge is -2.60. The number of rotatable bonds is 5. The highest BCUT2D eigenvalue weighted by Crippen LogP contribution is 2.67. The molecule has 174 valence electrons. The molecule has 0 amide bonds. The van der Waals surface area contributed by atoms with Crippen molar-refractivity contribution in [1.82, 2.24) is 0 Å². The number of fused-ring (bicyclic) bond motifs is 5. The van der Waals surface area contributed by atoms with Crippen LogP contribution in [-0.4, -0.2) is 28.2 Å². The minimum Gasteiger partial charge on any atom is -0.393 e. The molecule has 0 aromatic heterocycles. The van der Waals surface area contributed by atoms with Gasteiger partial charge in [0.1, 0.15) is 0 Å². The zero-order valence-corrected chi connectivity index (χ0v) is 20.5. The Morgan fingerprint density at radius 3 is 2.48 bits per heavy atom. The second kappa shape index (κ2) is 8.13. The first-order chi connectivity index (χ1) is 14.5. The molecule has 0 bridgehead atoms. The quantitative estimate of drug-likeness (QED) is 0.603. The van der Waals surface area contributed by atoms with Gasteiger partial charge in [0, 0.05) is 5.92 Å². The minimum atomic E-state index is -0.756. The summed E-state index contributed by atoms with van der Waals surface area (Å²) >= 11 is 0. The summed E-state index contributed by atoms with van der Waals surface area (Å²) in [6.45, 7) is 13.8. The van der Waals surface area contributed by atoms with Gasteiger partial charge >= 0.3 is 0 Å². The Labute approximate surface area is 189 Å². The molecular formula is C28H44O3. The summed E-state index contributed by atoms with van der Waals surface area (Å²) in [5.41, 5.74) is 0.176. The third kappa shape index (κ3) is 3.50. The van der Waals surface area contributed by atoms with Gasteiger partial charge in [-0.05, 0) is 85.2 Å². The summed E-state index contributed by atoms with van der Waals surface area (Å²) in [6.07, 6.45) is 10.7. The smallest absolute Gasteiger partial charge is 0.166 e. The van der Waals surface area contributed by atoms with Crippen LogP contribution < -0.4 is 0 Å². The van der Waals surface area contributed by atoms with Gasteiger partial charge in [-0.2, -0.15) is 0 Å². The van der Waals surface area contributed by atoms with Gasteiger partial charge in [-0.1, -0.05) is 59.6 Å². The van der Waals surface area contributed by atoms with Gasteiger partial charge in [-0.15, -0.1) is 0 Å². The Bertz CT molecular complexity index is 766. The Morgan fingerprint density at radius 2 is 1.81 bits per heavy atom. The summed E-state index contributed by atoms with van der Waals surface area (Å²) in [7, 11) is 0. The van der Waals surface area contributed by atoms with Crippen molar-refractivity contribution in [3.63, 3.8) is 0 Å². The molecule has 0 heterocycles. The Morgan fingerprint density at radius 1 is 1.10 bits per heavy atom. The van der Waals surface area contributed by atoms with E-state index in [0.29, 0.717) is 24.2 Å².